The molecule has 2 N–H and O–H groups in total. The maximum Gasteiger partial charge on any atom is 0.262 e. The number of benzene rings is 3. The van der Waals surface area contributed by atoms with Gasteiger partial charge >= 0.3 is 0 Å². The fourth-order valence-corrected chi connectivity index (χ4v) is 2.70. The Balaban J connectivity index is 1.48. The maximum absolute atomic E-state index is 12.5. The lowest BCUT2D eigenvalue weighted by molar-refractivity contribution is -0.118. The Hall–Kier alpha value is -3.80. The highest BCUT2D eigenvalue weighted by atomic mass is 16.5. The molecule has 3 rings (SSSR count). The van der Waals surface area contributed by atoms with Crippen molar-refractivity contribution in [3.63, 3.8) is 0 Å². The number of hydrogen-bond acceptors (Lipinski definition) is 4. The van der Waals surface area contributed by atoms with Crippen LogP contribution >= 0.6 is 0 Å². The van der Waals surface area contributed by atoms with Crippen LogP contribution < -0.4 is 20.1 Å². The van der Waals surface area contributed by atoms with E-state index in [9.17, 15) is 9.59 Å². The van der Waals surface area contributed by atoms with Gasteiger partial charge in [0, 0.05) is 5.69 Å². The van der Waals surface area contributed by atoms with Crippen molar-refractivity contribution in [2.75, 3.05) is 25.1 Å². The van der Waals surface area contributed by atoms with E-state index in [1.807, 2.05) is 61.5 Å². The molecule has 3 aromatic rings. The molecule has 30 heavy (non-hydrogen) atoms. The monoisotopic (exact) mass is 404 g/mol. The van der Waals surface area contributed by atoms with E-state index >= 15 is 0 Å². The second kappa shape index (κ2) is 10.7. The van der Waals surface area contributed by atoms with Crippen LogP contribution in [0.1, 0.15) is 15.9 Å². The first kappa shape index (κ1) is 20.9. The summed E-state index contributed by atoms with van der Waals surface area (Å²) in [6, 6.07) is 23.7. The molecule has 6 nitrogen and oxygen atoms in total. The van der Waals surface area contributed by atoms with Crippen LogP contribution in [0, 0.1) is 6.92 Å². The number of para-hydroxylation sites is 2. The molecular formula is C24H24N2O4. The fraction of sp³-hybridized carbons (Fsp3) is 0.167. The molecule has 0 atom stereocenters. The van der Waals surface area contributed by atoms with Gasteiger partial charge in [-0.15, -0.1) is 0 Å². The van der Waals surface area contributed by atoms with E-state index in [-0.39, 0.29) is 18.4 Å². The topological polar surface area (TPSA) is 76.7 Å². The molecule has 0 heterocycles. The molecule has 0 radical (unpaired) electrons. The number of amides is 2. The van der Waals surface area contributed by atoms with Crippen molar-refractivity contribution >= 4 is 17.5 Å². The Morgan fingerprint density at radius 2 is 1.53 bits per heavy atom. The highest BCUT2D eigenvalue weighted by molar-refractivity contribution is 5.97. The molecule has 0 aromatic heterocycles. The van der Waals surface area contributed by atoms with E-state index in [4.69, 9.17) is 9.47 Å². The quantitative estimate of drug-likeness (QED) is 0.532. The van der Waals surface area contributed by atoms with Gasteiger partial charge in [0.2, 0.25) is 0 Å². The van der Waals surface area contributed by atoms with E-state index in [2.05, 4.69) is 10.6 Å². The van der Waals surface area contributed by atoms with Crippen LogP contribution in [-0.4, -0.2) is 31.6 Å². The van der Waals surface area contributed by atoms with Crippen LogP contribution in [-0.2, 0) is 4.79 Å². The summed E-state index contributed by atoms with van der Waals surface area (Å²) in [7, 11) is 0. The van der Waals surface area contributed by atoms with Crippen molar-refractivity contribution in [3.05, 3.63) is 90.0 Å². The maximum atomic E-state index is 12.5. The van der Waals surface area contributed by atoms with E-state index in [1.54, 1.807) is 24.3 Å². The summed E-state index contributed by atoms with van der Waals surface area (Å²) >= 11 is 0. The summed E-state index contributed by atoms with van der Waals surface area (Å²) in [6.45, 7) is 2.47. The van der Waals surface area contributed by atoms with Crippen LogP contribution in [0.25, 0.3) is 0 Å². The largest absolute Gasteiger partial charge is 0.492 e. The van der Waals surface area contributed by atoms with E-state index < -0.39 is 0 Å². The first-order valence-corrected chi connectivity index (χ1v) is 9.66. The Labute approximate surface area is 175 Å². The van der Waals surface area contributed by atoms with Crippen LogP contribution in [0.5, 0.6) is 11.5 Å². The minimum atomic E-state index is -0.301. The third kappa shape index (κ3) is 6.38. The van der Waals surface area contributed by atoms with Gasteiger partial charge in [0.25, 0.3) is 11.8 Å². The van der Waals surface area contributed by atoms with Gasteiger partial charge in [-0.25, -0.2) is 0 Å². The van der Waals surface area contributed by atoms with Crippen molar-refractivity contribution in [1.82, 2.24) is 5.32 Å². The predicted molar refractivity (Wildman–Crippen MR) is 116 cm³/mol. The van der Waals surface area contributed by atoms with E-state index in [1.165, 1.54) is 0 Å². The highest BCUT2D eigenvalue weighted by Gasteiger charge is 2.13. The molecule has 0 unspecified atom stereocenters. The standard InChI is InChI=1S/C24H24N2O4/c1-18-11-13-19(14-12-18)26-23(27)17-30-22-10-6-5-9-21(22)24(28)25-15-16-29-20-7-3-2-4-8-20/h2-14H,15-17H2,1H3,(H,25,28)(H,26,27). The van der Waals surface area contributed by atoms with Crippen LogP contribution in [0.15, 0.2) is 78.9 Å². The summed E-state index contributed by atoms with van der Waals surface area (Å²) in [6.07, 6.45) is 0. The molecule has 0 aliphatic heterocycles. The van der Waals surface area contributed by atoms with Gasteiger partial charge < -0.3 is 20.1 Å². The van der Waals surface area contributed by atoms with Gasteiger partial charge in [-0.3, -0.25) is 9.59 Å². The Bertz CT molecular complexity index is 972. The molecule has 0 bridgehead atoms. The number of rotatable bonds is 9. The summed E-state index contributed by atoms with van der Waals surface area (Å²) in [5.41, 5.74) is 2.16. The third-order valence-electron chi connectivity index (χ3n) is 4.23. The second-order valence-electron chi connectivity index (χ2n) is 6.62. The SMILES string of the molecule is Cc1ccc(NC(=O)COc2ccccc2C(=O)NCCOc2ccccc2)cc1. The van der Waals surface area contributed by atoms with Crippen LogP contribution in [0.4, 0.5) is 5.69 Å². The molecule has 6 heteroatoms. The first-order chi connectivity index (χ1) is 14.6. The number of carbonyl (C=O) groups excluding carboxylic acids is 2. The van der Waals surface area contributed by atoms with E-state index in [0.29, 0.717) is 30.2 Å². The summed E-state index contributed by atoms with van der Waals surface area (Å²) in [5, 5.41) is 5.56. The first-order valence-electron chi connectivity index (χ1n) is 9.66. The van der Waals surface area contributed by atoms with Crippen molar-refractivity contribution in [3.8, 4) is 11.5 Å². The Kier molecular flexibility index (Phi) is 7.44. The Morgan fingerprint density at radius 3 is 2.30 bits per heavy atom. The zero-order valence-electron chi connectivity index (χ0n) is 16.8. The molecule has 154 valence electrons. The van der Waals surface area contributed by atoms with Crippen molar-refractivity contribution in [2.24, 2.45) is 0 Å². The fourth-order valence-electron chi connectivity index (χ4n) is 2.70. The van der Waals surface area contributed by atoms with Gasteiger partial charge in [0.1, 0.15) is 18.1 Å². The zero-order chi connectivity index (χ0) is 21.2. The average molecular weight is 404 g/mol. The second-order valence-corrected chi connectivity index (χ2v) is 6.62. The average Bonchev–Trinajstić information content (AvgIpc) is 2.77. The molecule has 0 saturated carbocycles. The van der Waals surface area contributed by atoms with Crippen molar-refractivity contribution in [1.29, 1.82) is 0 Å². The summed E-state index contributed by atoms with van der Waals surface area (Å²) in [5.74, 6) is 0.500. The third-order valence-corrected chi connectivity index (χ3v) is 4.23. The lowest BCUT2D eigenvalue weighted by Crippen LogP contribution is -2.29. The lowest BCUT2D eigenvalue weighted by Gasteiger charge is -2.12. The molecule has 3 aromatic carbocycles. The summed E-state index contributed by atoms with van der Waals surface area (Å²) in [4.78, 5) is 24.6. The number of aryl methyl sites for hydroxylation is 1. The molecule has 0 saturated heterocycles. The van der Waals surface area contributed by atoms with Crippen molar-refractivity contribution < 1.29 is 19.1 Å². The smallest absolute Gasteiger partial charge is 0.262 e. The number of carbonyl (C=O) groups is 2. The normalized spacial score (nSPS) is 10.2. The lowest BCUT2D eigenvalue weighted by atomic mass is 10.2. The molecule has 2 amide bonds. The zero-order valence-corrected chi connectivity index (χ0v) is 16.8. The van der Waals surface area contributed by atoms with Crippen molar-refractivity contribution in [2.45, 2.75) is 6.92 Å². The number of anilines is 1. The number of nitrogens with one attached hydrogen (secondary N) is 2. The minimum Gasteiger partial charge on any atom is -0.492 e. The van der Waals surface area contributed by atoms with Gasteiger partial charge in [0.15, 0.2) is 6.61 Å². The number of ether oxygens (including phenoxy) is 2. The molecule has 0 fully saturated rings. The molecule has 0 aliphatic rings. The Morgan fingerprint density at radius 1 is 0.833 bits per heavy atom. The van der Waals surface area contributed by atoms with Gasteiger partial charge in [-0.1, -0.05) is 48.0 Å². The van der Waals surface area contributed by atoms with Gasteiger partial charge in [0.05, 0.1) is 12.1 Å². The van der Waals surface area contributed by atoms with Crippen LogP contribution in [0.3, 0.4) is 0 Å². The molecule has 0 aliphatic carbocycles. The number of hydrogen-bond donors (Lipinski definition) is 2. The minimum absolute atomic E-state index is 0.199. The predicted octanol–water partition coefficient (Wildman–Crippen LogP) is 3.82. The van der Waals surface area contributed by atoms with Crippen LogP contribution in [0.2, 0.25) is 0 Å². The molecular weight excluding hydrogens is 380 g/mol. The van der Waals surface area contributed by atoms with Gasteiger partial charge in [-0.2, -0.15) is 0 Å². The summed E-state index contributed by atoms with van der Waals surface area (Å²) < 4.78 is 11.2. The van der Waals surface area contributed by atoms with E-state index in [0.717, 1.165) is 11.3 Å². The molecule has 0 spiro atoms. The van der Waals surface area contributed by atoms with Gasteiger partial charge in [-0.05, 0) is 43.3 Å². The highest BCUT2D eigenvalue weighted by Crippen LogP contribution is 2.18.